The van der Waals surface area contributed by atoms with E-state index in [1.807, 2.05) is 6.92 Å². The number of hydrogen-bond donors (Lipinski definition) is 4. The topological polar surface area (TPSA) is 98.7 Å². The van der Waals surface area contributed by atoms with Gasteiger partial charge in [-0.1, -0.05) is 13.3 Å². The number of urea groups is 1. The van der Waals surface area contributed by atoms with Crippen molar-refractivity contribution in [2.24, 2.45) is 0 Å². The van der Waals surface area contributed by atoms with Crippen molar-refractivity contribution in [3.8, 4) is 0 Å². The van der Waals surface area contributed by atoms with Gasteiger partial charge >= 0.3 is 12.0 Å². The number of aliphatic carboxylic acids is 1. The number of carboxylic acids is 1. The lowest BCUT2D eigenvalue weighted by Crippen LogP contribution is -2.49. The molecule has 0 aromatic carbocycles. The fraction of sp³-hybridized carbons (Fsp3) is 0.778. The van der Waals surface area contributed by atoms with Crippen molar-refractivity contribution >= 4 is 12.0 Å². The Hall–Kier alpha value is -1.30. The minimum absolute atomic E-state index is 0.319. The Kier molecular flexibility index (Phi) is 5.69. The van der Waals surface area contributed by atoms with Gasteiger partial charge in [-0.15, -0.1) is 0 Å². The number of amides is 2. The van der Waals surface area contributed by atoms with Gasteiger partial charge in [0.2, 0.25) is 0 Å². The van der Waals surface area contributed by atoms with E-state index in [4.69, 9.17) is 5.11 Å². The molecule has 0 aliphatic carbocycles. The zero-order valence-corrected chi connectivity index (χ0v) is 9.04. The van der Waals surface area contributed by atoms with Gasteiger partial charge in [0.05, 0.1) is 6.54 Å². The van der Waals surface area contributed by atoms with Crippen molar-refractivity contribution < 1.29 is 19.8 Å². The zero-order valence-electron chi connectivity index (χ0n) is 9.04. The lowest BCUT2D eigenvalue weighted by Gasteiger charge is -2.18. The summed E-state index contributed by atoms with van der Waals surface area (Å²) >= 11 is 0. The maximum atomic E-state index is 11.1. The molecule has 1 atom stereocenters. The largest absolute Gasteiger partial charge is 0.479 e. The third kappa shape index (κ3) is 5.90. The summed E-state index contributed by atoms with van der Waals surface area (Å²) < 4.78 is 0. The van der Waals surface area contributed by atoms with Crippen LogP contribution in [0.1, 0.15) is 26.7 Å². The molecule has 15 heavy (non-hydrogen) atoms. The molecule has 0 aliphatic heterocycles. The molecule has 0 aliphatic rings. The number of carbonyl (C=O) groups excluding carboxylic acids is 1. The summed E-state index contributed by atoms with van der Waals surface area (Å²) in [6, 6.07) is -0.468. The summed E-state index contributed by atoms with van der Waals surface area (Å²) in [6.45, 7) is 3.34. The highest BCUT2D eigenvalue weighted by Crippen LogP contribution is 2.00. The van der Waals surface area contributed by atoms with E-state index in [1.165, 1.54) is 0 Å². The quantitative estimate of drug-likeness (QED) is 0.469. The van der Waals surface area contributed by atoms with Crippen molar-refractivity contribution in [2.45, 2.75) is 32.3 Å². The number of nitrogens with one attached hydrogen (secondary N) is 2. The fourth-order valence-electron chi connectivity index (χ4n) is 0.769. The maximum Gasteiger partial charge on any atom is 0.337 e. The first-order valence-corrected chi connectivity index (χ1v) is 4.87. The molecule has 0 rings (SSSR count). The Balaban J connectivity index is 3.75. The van der Waals surface area contributed by atoms with Crippen molar-refractivity contribution in [3.05, 3.63) is 0 Å². The van der Waals surface area contributed by atoms with Gasteiger partial charge in [-0.05, 0) is 13.3 Å². The minimum Gasteiger partial charge on any atom is -0.479 e. The Labute approximate surface area is 88.7 Å². The molecule has 0 spiro atoms. The summed E-state index contributed by atoms with van der Waals surface area (Å²) in [5.74, 6) is -1.36. The van der Waals surface area contributed by atoms with E-state index in [2.05, 4.69) is 10.6 Å². The highest BCUT2D eigenvalue weighted by Gasteiger charge is 2.30. The average molecular weight is 218 g/mol. The van der Waals surface area contributed by atoms with Crippen LogP contribution < -0.4 is 10.6 Å². The zero-order chi connectivity index (χ0) is 11.9. The minimum atomic E-state index is -1.93. The number of carbonyl (C=O) groups is 2. The van der Waals surface area contributed by atoms with Crippen LogP contribution in [0.2, 0.25) is 0 Å². The molecule has 6 nitrogen and oxygen atoms in total. The maximum absolute atomic E-state index is 11.1. The molecule has 0 fully saturated rings. The Morgan fingerprint density at radius 2 is 1.93 bits per heavy atom. The molecule has 0 aromatic heterocycles. The molecule has 2 amide bonds. The molecule has 88 valence electrons. The first-order chi connectivity index (χ1) is 6.90. The smallest absolute Gasteiger partial charge is 0.337 e. The van der Waals surface area contributed by atoms with E-state index < -0.39 is 17.6 Å². The van der Waals surface area contributed by atoms with E-state index in [-0.39, 0.29) is 6.54 Å². The third-order valence-corrected chi connectivity index (χ3v) is 1.87. The average Bonchev–Trinajstić information content (AvgIpc) is 2.15. The predicted octanol–water partition coefficient (Wildman–Crippen LogP) is -0.0787. The number of unbranched alkanes of at least 4 members (excludes halogenated alkanes) is 1. The molecule has 0 saturated carbocycles. The predicted molar refractivity (Wildman–Crippen MR) is 54.6 cm³/mol. The monoisotopic (exact) mass is 218 g/mol. The second kappa shape index (κ2) is 6.23. The van der Waals surface area contributed by atoms with E-state index in [1.54, 1.807) is 0 Å². The number of aliphatic hydroxyl groups is 1. The summed E-state index contributed by atoms with van der Waals surface area (Å²) in [6.07, 6.45) is 1.83. The molecule has 0 saturated heterocycles. The molecule has 0 heterocycles. The van der Waals surface area contributed by atoms with Crippen LogP contribution in [-0.4, -0.2) is 40.9 Å². The van der Waals surface area contributed by atoms with E-state index in [0.29, 0.717) is 6.54 Å². The Bertz CT molecular complexity index is 228. The van der Waals surface area contributed by atoms with Crippen LogP contribution in [0.25, 0.3) is 0 Å². The van der Waals surface area contributed by atoms with Crippen LogP contribution in [0.15, 0.2) is 0 Å². The molecule has 0 bridgehead atoms. The highest BCUT2D eigenvalue weighted by molar-refractivity contribution is 5.79. The van der Waals surface area contributed by atoms with E-state index in [9.17, 15) is 14.7 Å². The van der Waals surface area contributed by atoms with E-state index in [0.717, 1.165) is 19.8 Å². The van der Waals surface area contributed by atoms with Crippen molar-refractivity contribution in [3.63, 3.8) is 0 Å². The molecular formula is C9H18N2O4. The standard InChI is InChI=1S/C9H18N2O4/c1-3-4-5-10-8(14)11-6-9(2,15)7(12)13/h15H,3-6H2,1-2H3,(H,12,13)(H2,10,11,14). The molecule has 1 unspecified atom stereocenters. The Morgan fingerprint density at radius 3 is 2.40 bits per heavy atom. The van der Waals surface area contributed by atoms with Gasteiger partial charge < -0.3 is 20.8 Å². The molecule has 0 aromatic rings. The van der Waals surface area contributed by atoms with Gasteiger partial charge in [0.25, 0.3) is 0 Å². The van der Waals surface area contributed by atoms with Crippen molar-refractivity contribution in [1.29, 1.82) is 0 Å². The molecule has 4 N–H and O–H groups in total. The van der Waals surface area contributed by atoms with Gasteiger partial charge in [-0.2, -0.15) is 0 Å². The van der Waals surface area contributed by atoms with Gasteiger partial charge in [0, 0.05) is 6.54 Å². The highest BCUT2D eigenvalue weighted by atomic mass is 16.4. The fourth-order valence-corrected chi connectivity index (χ4v) is 0.769. The summed E-state index contributed by atoms with van der Waals surface area (Å²) in [4.78, 5) is 21.5. The van der Waals surface area contributed by atoms with Gasteiger partial charge in [-0.25, -0.2) is 9.59 Å². The van der Waals surface area contributed by atoms with Crippen LogP contribution in [0.4, 0.5) is 4.79 Å². The first kappa shape index (κ1) is 13.7. The van der Waals surface area contributed by atoms with Crippen LogP contribution in [0.3, 0.4) is 0 Å². The van der Waals surface area contributed by atoms with Crippen molar-refractivity contribution in [1.82, 2.24) is 10.6 Å². The SMILES string of the molecule is CCCCNC(=O)NCC(C)(O)C(=O)O. The lowest BCUT2D eigenvalue weighted by atomic mass is 10.1. The van der Waals surface area contributed by atoms with Crippen LogP contribution >= 0.6 is 0 Å². The summed E-state index contributed by atoms with van der Waals surface area (Å²) in [5, 5.41) is 22.6. The van der Waals surface area contributed by atoms with Crippen LogP contribution in [0, 0.1) is 0 Å². The number of hydrogen-bond acceptors (Lipinski definition) is 3. The third-order valence-electron chi connectivity index (χ3n) is 1.87. The van der Waals surface area contributed by atoms with E-state index >= 15 is 0 Å². The normalized spacial score (nSPS) is 14.1. The van der Waals surface area contributed by atoms with Crippen LogP contribution in [0.5, 0.6) is 0 Å². The second-order valence-electron chi connectivity index (χ2n) is 3.54. The molecule has 6 heteroatoms. The van der Waals surface area contributed by atoms with Crippen molar-refractivity contribution in [2.75, 3.05) is 13.1 Å². The van der Waals surface area contributed by atoms with Gasteiger partial charge in [0.1, 0.15) is 0 Å². The molecule has 0 radical (unpaired) electrons. The summed E-state index contributed by atoms with van der Waals surface area (Å²) in [5.41, 5.74) is -1.93. The first-order valence-electron chi connectivity index (χ1n) is 4.87. The summed E-state index contributed by atoms with van der Waals surface area (Å²) in [7, 11) is 0. The number of rotatable bonds is 6. The Morgan fingerprint density at radius 1 is 1.33 bits per heavy atom. The lowest BCUT2D eigenvalue weighted by molar-refractivity contribution is -0.155. The number of carboxylic acid groups (broad SMARTS) is 1. The van der Waals surface area contributed by atoms with Crippen LogP contribution in [-0.2, 0) is 4.79 Å². The molecular weight excluding hydrogens is 200 g/mol. The second-order valence-corrected chi connectivity index (χ2v) is 3.54. The van der Waals surface area contributed by atoms with Gasteiger partial charge in [0.15, 0.2) is 5.60 Å². The van der Waals surface area contributed by atoms with Gasteiger partial charge in [-0.3, -0.25) is 0 Å².